The SMILES string of the molecule is NC(=O)NC1(C(=O)N(CCC(=O)O)Cc2ccccc2)CC1. The fourth-order valence-electron chi connectivity index (χ4n) is 2.34. The van der Waals surface area contributed by atoms with E-state index in [9.17, 15) is 14.4 Å². The Kier molecular flexibility index (Phi) is 4.65. The molecule has 0 unspecified atom stereocenters. The summed E-state index contributed by atoms with van der Waals surface area (Å²) in [4.78, 5) is 36.0. The van der Waals surface area contributed by atoms with Crippen molar-refractivity contribution < 1.29 is 19.5 Å². The smallest absolute Gasteiger partial charge is 0.313 e. The summed E-state index contributed by atoms with van der Waals surface area (Å²) in [5, 5.41) is 11.3. The van der Waals surface area contributed by atoms with Crippen molar-refractivity contribution >= 4 is 17.9 Å². The van der Waals surface area contributed by atoms with Crippen LogP contribution < -0.4 is 11.1 Å². The number of aliphatic carboxylic acids is 1. The second kappa shape index (κ2) is 6.46. The van der Waals surface area contributed by atoms with Crippen LogP contribution in [0, 0.1) is 0 Å². The number of benzene rings is 1. The molecule has 4 N–H and O–H groups in total. The lowest BCUT2D eigenvalue weighted by molar-refractivity contribution is -0.139. The Morgan fingerprint density at radius 2 is 1.86 bits per heavy atom. The fraction of sp³-hybridized carbons (Fsp3) is 0.400. The van der Waals surface area contributed by atoms with Gasteiger partial charge in [-0.25, -0.2) is 4.79 Å². The average Bonchev–Trinajstić information content (AvgIpc) is 3.23. The summed E-state index contributed by atoms with van der Waals surface area (Å²) >= 11 is 0. The number of hydrogen-bond acceptors (Lipinski definition) is 3. The predicted molar refractivity (Wildman–Crippen MR) is 78.8 cm³/mol. The molecule has 7 nitrogen and oxygen atoms in total. The Morgan fingerprint density at radius 1 is 1.23 bits per heavy atom. The molecule has 1 aromatic rings. The highest BCUT2D eigenvalue weighted by Gasteiger charge is 2.52. The molecule has 0 aromatic heterocycles. The fourth-order valence-corrected chi connectivity index (χ4v) is 2.34. The Bertz CT molecular complexity index is 569. The van der Waals surface area contributed by atoms with E-state index >= 15 is 0 Å². The normalized spacial score (nSPS) is 14.9. The summed E-state index contributed by atoms with van der Waals surface area (Å²) < 4.78 is 0. The average molecular weight is 305 g/mol. The van der Waals surface area contributed by atoms with Crippen molar-refractivity contribution in [1.82, 2.24) is 10.2 Å². The minimum atomic E-state index is -0.974. The first-order valence-electron chi connectivity index (χ1n) is 7.06. The van der Waals surface area contributed by atoms with E-state index in [1.165, 1.54) is 4.90 Å². The van der Waals surface area contributed by atoms with E-state index in [-0.39, 0.29) is 18.9 Å². The number of primary amides is 1. The van der Waals surface area contributed by atoms with E-state index in [2.05, 4.69) is 5.32 Å². The maximum atomic E-state index is 12.6. The first-order valence-corrected chi connectivity index (χ1v) is 7.06. The van der Waals surface area contributed by atoms with Gasteiger partial charge in [-0.1, -0.05) is 30.3 Å². The van der Waals surface area contributed by atoms with Crippen molar-refractivity contribution in [2.45, 2.75) is 31.3 Å². The maximum absolute atomic E-state index is 12.6. The van der Waals surface area contributed by atoms with Gasteiger partial charge in [0.15, 0.2) is 0 Å². The van der Waals surface area contributed by atoms with Gasteiger partial charge in [-0.2, -0.15) is 0 Å². The van der Waals surface area contributed by atoms with Crippen molar-refractivity contribution in [3.8, 4) is 0 Å². The maximum Gasteiger partial charge on any atom is 0.313 e. The van der Waals surface area contributed by atoms with Gasteiger partial charge in [-0.3, -0.25) is 9.59 Å². The molecule has 22 heavy (non-hydrogen) atoms. The highest BCUT2D eigenvalue weighted by atomic mass is 16.4. The number of amides is 3. The Balaban J connectivity index is 2.11. The minimum Gasteiger partial charge on any atom is -0.481 e. The zero-order chi connectivity index (χ0) is 16.2. The molecule has 0 radical (unpaired) electrons. The number of urea groups is 1. The number of carboxylic acid groups (broad SMARTS) is 1. The lowest BCUT2D eigenvalue weighted by atomic mass is 10.1. The molecule has 3 amide bonds. The third kappa shape index (κ3) is 3.97. The molecule has 1 aliphatic rings. The van der Waals surface area contributed by atoms with Crippen LogP contribution >= 0.6 is 0 Å². The van der Waals surface area contributed by atoms with Crippen LogP contribution in [-0.4, -0.2) is 40.0 Å². The highest BCUT2D eigenvalue weighted by molar-refractivity contribution is 5.93. The largest absolute Gasteiger partial charge is 0.481 e. The molecule has 2 rings (SSSR count). The molecule has 118 valence electrons. The van der Waals surface area contributed by atoms with E-state index in [0.717, 1.165) is 5.56 Å². The van der Waals surface area contributed by atoms with Crippen LogP contribution in [0.5, 0.6) is 0 Å². The van der Waals surface area contributed by atoms with Crippen LogP contribution in [0.1, 0.15) is 24.8 Å². The number of nitrogens with two attached hydrogens (primary N) is 1. The van der Waals surface area contributed by atoms with E-state index in [0.29, 0.717) is 19.4 Å². The molecule has 1 fully saturated rings. The van der Waals surface area contributed by atoms with E-state index < -0.39 is 17.5 Å². The van der Waals surface area contributed by atoms with E-state index in [1.807, 2.05) is 30.3 Å². The molecule has 7 heteroatoms. The van der Waals surface area contributed by atoms with Crippen LogP contribution in [0.15, 0.2) is 30.3 Å². The standard InChI is InChI=1S/C15H19N3O4/c16-14(22)17-15(7-8-15)13(21)18(9-6-12(19)20)10-11-4-2-1-3-5-11/h1-5H,6-10H2,(H,19,20)(H3,16,17,22). The zero-order valence-corrected chi connectivity index (χ0v) is 12.1. The van der Waals surface area contributed by atoms with Crippen LogP contribution in [0.25, 0.3) is 0 Å². The Morgan fingerprint density at radius 3 is 2.36 bits per heavy atom. The molecule has 0 spiro atoms. The topological polar surface area (TPSA) is 113 Å². The van der Waals surface area contributed by atoms with Gasteiger partial charge in [0.1, 0.15) is 5.54 Å². The summed E-state index contributed by atoms with van der Waals surface area (Å²) in [6, 6.07) is 8.55. The molecule has 1 aromatic carbocycles. The first-order chi connectivity index (χ1) is 10.4. The Labute approximate surface area is 128 Å². The zero-order valence-electron chi connectivity index (χ0n) is 12.1. The highest BCUT2D eigenvalue weighted by Crippen LogP contribution is 2.37. The molecule has 1 aliphatic carbocycles. The summed E-state index contributed by atoms with van der Waals surface area (Å²) in [5.74, 6) is -1.25. The van der Waals surface area contributed by atoms with Gasteiger partial charge in [0.05, 0.1) is 6.42 Å². The van der Waals surface area contributed by atoms with Crippen LogP contribution in [0.2, 0.25) is 0 Å². The van der Waals surface area contributed by atoms with Gasteiger partial charge < -0.3 is 21.1 Å². The van der Waals surface area contributed by atoms with Crippen LogP contribution in [0.4, 0.5) is 4.79 Å². The first kappa shape index (κ1) is 15.8. The lowest BCUT2D eigenvalue weighted by Crippen LogP contribution is -2.52. The molecular weight excluding hydrogens is 286 g/mol. The van der Waals surface area contributed by atoms with Crippen molar-refractivity contribution in [1.29, 1.82) is 0 Å². The minimum absolute atomic E-state index is 0.0885. The second-order valence-electron chi connectivity index (χ2n) is 5.43. The predicted octanol–water partition coefficient (Wildman–Crippen LogP) is 0.691. The summed E-state index contributed by atoms with van der Waals surface area (Å²) in [5.41, 5.74) is 5.06. The van der Waals surface area contributed by atoms with Crippen molar-refractivity contribution in [3.63, 3.8) is 0 Å². The second-order valence-corrected chi connectivity index (χ2v) is 5.43. The quantitative estimate of drug-likeness (QED) is 0.688. The van der Waals surface area contributed by atoms with Crippen molar-refractivity contribution in [2.75, 3.05) is 6.54 Å². The van der Waals surface area contributed by atoms with Gasteiger partial charge in [-0.15, -0.1) is 0 Å². The molecule has 0 bridgehead atoms. The summed E-state index contributed by atoms with van der Waals surface area (Å²) in [6.07, 6.45) is 0.894. The Hall–Kier alpha value is -2.57. The number of nitrogens with zero attached hydrogens (tertiary/aromatic N) is 1. The number of carboxylic acids is 1. The summed E-state index contributed by atoms with van der Waals surface area (Å²) in [6.45, 7) is 0.389. The van der Waals surface area contributed by atoms with Crippen molar-refractivity contribution in [2.24, 2.45) is 5.73 Å². The van der Waals surface area contributed by atoms with Gasteiger partial charge in [-0.05, 0) is 18.4 Å². The lowest BCUT2D eigenvalue weighted by Gasteiger charge is -2.27. The third-order valence-electron chi connectivity index (χ3n) is 3.62. The molecule has 0 saturated heterocycles. The van der Waals surface area contributed by atoms with Crippen LogP contribution in [0.3, 0.4) is 0 Å². The molecule has 0 heterocycles. The number of nitrogens with one attached hydrogen (secondary N) is 1. The van der Waals surface area contributed by atoms with E-state index in [1.54, 1.807) is 0 Å². The number of carbonyl (C=O) groups excluding carboxylic acids is 2. The van der Waals surface area contributed by atoms with E-state index in [4.69, 9.17) is 10.8 Å². The number of rotatable bonds is 7. The van der Waals surface area contributed by atoms with Gasteiger partial charge in [0, 0.05) is 13.1 Å². The number of carbonyl (C=O) groups is 3. The summed E-state index contributed by atoms with van der Waals surface area (Å²) in [7, 11) is 0. The monoisotopic (exact) mass is 305 g/mol. The van der Waals surface area contributed by atoms with Gasteiger partial charge in [0.25, 0.3) is 0 Å². The van der Waals surface area contributed by atoms with Gasteiger partial charge in [0.2, 0.25) is 5.91 Å². The van der Waals surface area contributed by atoms with Crippen molar-refractivity contribution in [3.05, 3.63) is 35.9 Å². The molecule has 1 saturated carbocycles. The van der Waals surface area contributed by atoms with Gasteiger partial charge >= 0.3 is 12.0 Å². The van der Waals surface area contributed by atoms with Crippen LogP contribution in [-0.2, 0) is 16.1 Å². The molecular formula is C15H19N3O4. The molecule has 0 aliphatic heterocycles. The third-order valence-corrected chi connectivity index (χ3v) is 3.62. The number of hydrogen-bond donors (Lipinski definition) is 3. The molecule has 0 atom stereocenters.